The first kappa shape index (κ1) is 13.8. The highest BCUT2D eigenvalue weighted by Crippen LogP contribution is 2.45. The number of nitriles is 1. The van der Waals surface area contributed by atoms with Crippen LogP contribution in [0.3, 0.4) is 0 Å². The van der Waals surface area contributed by atoms with E-state index < -0.39 is 16.3 Å². The summed E-state index contributed by atoms with van der Waals surface area (Å²) in [7, 11) is 0. The molecule has 2 N–H and O–H groups in total. The zero-order valence-electron chi connectivity index (χ0n) is 10.8. The average Bonchev–Trinajstić information content (AvgIpc) is 3.17. The average molecular weight is 275 g/mol. The van der Waals surface area contributed by atoms with Gasteiger partial charge in [0.05, 0.1) is 22.0 Å². The molecule has 0 saturated heterocycles. The van der Waals surface area contributed by atoms with E-state index in [-0.39, 0.29) is 23.5 Å². The third kappa shape index (κ3) is 2.40. The molecule has 7 heteroatoms. The van der Waals surface area contributed by atoms with Crippen LogP contribution in [-0.2, 0) is 0 Å². The van der Waals surface area contributed by atoms with Crippen molar-refractivity contribution in [3.63, 3.8) is 0 Å². The molecule has 2 rings (SSSR count). The quantitative estimate of drug-likeness (QED) is 0.629. The fourth-order valence-electron chi connectivity index (χ4n) is 2.04. The molecule has 104 valence electrons. The van der Waals surface area contributed by atoms with Gasteiger partial charge in [0.25, 0.3) is 5.69 Å². The Bertz CT molecular complexity index is 629. The van der Waals surface area contributed by atoms with E-state index in [0.717, 1.165) is 12.8 Å². The smallest absolute Gasteiger partial charge is 0.336 e. The normalized spacial score (nSPS) is 15.2. The predicted molar refractivity (Wildman–Crippen MR) is 70.6 cm³/mol. The van der Waals surface area contributed by atoms with Gasteiger partial charge in [0.1, 0.15) is 5.69 Å². The van der Waals surface area contributed by atoms with Crippen molar-refractivity contribution in [2.75, 3.05) is 11.9 Å². The van der Waals surface area contributed by atoms with Gasteiger partial charge in [-0.2, -0.15) is 5.26 Å². The molecule has 7 nitrogen and oxygen atoms in total. The van der Waals surface area contributed by atoms with Gasteiger partial charge in [-0.1, -0.05) is 0 Å². The van der Waals surface area contributed by atoms with E-state index in [4.69, 9.17) is 10.4 Å². The molecule has 0 aromatic heterocycles. The summed E-state index contributed by atoms with van der Waals surface area (Å²) in [5, 5.41) is 32.0. The second-order valence-electron chi connectivity index (χ2n) is 4.94. The largest absolute Gasteiger partial charge is 0.478 e. The van der Waals surface area contributed by atoms with Gasteiger partial charge in [0.2, 0.25) is 0 Å². The van der Waals surface area contributed by atoms with Crippen molar-refractivity contribution in [2.45, 2.75) is 19.8 Å². The van der Waals surface area contributed by atoms with Gasteiger partial charge in [-0.15, -0.1) is 0 Å². The minimum Gasteiger partial charge on any atom is -0.478 e. The number of carboxylic acid groups (broad SMARTS) is 1. The van der Waals surface area contributed by atoms with Crippen molar-refractivity contribution in [2.24, 2.45) is 5.41 Å². The van der Waals surface area contributed by atoms with Crippen LogP contribution in [0.4, 0.5) is 11.4 Å². The lowest BCUT2D eigenvalue weighted by molar-refractivity contribution is -0.384. The highest BCUT2D eigenvalue weighted by atomic mass is 16.6. The first-order valence-electron chi connectivity index (χ1n) is 6.06. The number of nitro benzene ring substituents is 1. The standard InChI is InChI=1S/C13H13N3O4/c1-8-9(12(17)18)2-3-10(16(19)20)11(8)15-7-13(6-14)4-5-13/h2-3,15H,4-5,7H2,1H3,(H,17,18). The second kappa shape index (κ2) is 4.81. The van der Waals surface area contributed by atoms with Gasteiger partial charge in [-0.3, -0.25) is 10.1 Å². The van der Waals surface area contributed by atoms with Crippen LogP contribution in [0.2, 0.25) is 0 Å². The SMILES string of the molecule is Cc1c(C(=O)O)ccc([N+](=O)[O-])c1NCC1(C#N)CC1. The lowest BCUT2D eigenvalue weighted by atomic mass is 10.0. The summed E-state index contributed by atoms with van der Waals surface area (Å²) < 4.78 is 0. The third-order valence-electron chi connectivity index (χ3n) is 3.56. The fraction of sp³-hybridized carbons (Fsp3) is 0.385. The summed E-state index contributed by atoms with van der Waals surface area (Å²) in [6.45, 7) is 1.80. The second-order valence-corrected chi connectivity index (χ2v) is 4.94. The maximum absolute atomic E-state index is 11.1. The summed E-state index contributed by atoms with van der Waals surface area (Å²) >= 11 is 0. The summed E-state index contributed by atoms with van der Waals surface area (Å²) in [6, 6.07) is 4.57. The van der Waals surface area contributed by atoms with Crippen LogP contribution in [0, 0.1) is 33.8 Å². The molecule has 0 atom stereocenters. The molecule has 1 aromatic carbocycles. The summed E-state index contributed by atoms with van der Waals surface area (Å²) in [5.74, 6) is -1.14. The Morgan fingerprint density at radius 3 is 2.70 bits per heavy atom. The minimum absolute atomic E-state index is 0.0138. The van der Waals surface area contributed by atoms with Crippen molar-refractivity contribution in [1.82, 2.24) is 0 Å². The molecule has 0 radical (unpaired) electrons. The Morgan fingerprint density at radius 1 is 1.60 bits per heavy atom. The third-order valence-corrected chi connectivity index (χ3v) is 3.56. The molecule has 20 heavy (non-hydrogen) atoms. The van der Waals surface area contributed by atoms with E-state index in [1.807, 2.05) is 0 Å². The topological polar surface area (TPSA) is 116 Å². The number of aromatic carboxylic acids is 1. The van der Waals surface area contributed by atoms with Gasteiger partial charge in [0, 0.05) is 12.6 Å². The molecule has 0 amide bonds. The number of nitro groups is 1. The molecule has 1 aliphatic rings. The summed E-state index contributed by atoms with van der Waals surface area (Å²) in [6.07, 6.45) is 1.50. The number of hydrogen-bond donors (Lipinski definition) is 2. The van der Waals surface area contributed by atoms with Crippen LogP contribution in [0.1, 0.15) is 28.8 Å². The van der Waals surface area contributed by atoms with E-state index >= 15 is 0 Å². The van der Waals surface area contributed by atoms with Crippen molar-refractivity contribution in [3.05, 3.63) is 33.4 Å². The Hall–Kier alpha value is -2.62. The summed E-state index contributed by atoms with van der Waals surface area (Å²) in [5.41, 5.74) is -0.155. The lowest BCUT2D eigenvalue weighted by Gasteiger charge is -2.13. The molecule has 1 saturated carbocycles. The fourth-order valence-corrected chi connectivity index (χ4v) is 2.04. The van der Waals surface area contributed by atoms with Gasteiger partial charge in [-0.25, -0.2) is 4.79 Å². The first-order valence-corrected chi connectivity index (χ1v) is 6.06. The van der Waals surface area contributed by atoms with E-state index in [2.05, 4.69) is 11.4 Å². The van der Waals surface area contributed by atoms with E-state index in [0.29, 0.717) is 5.56 Å². The van der Waals surface area contributed by atoms with Crippen molar-refractivity contribution < 1.29 is 14.8 Å². The molecule has 0 heterocycles. The molecule has 1 aromatic rings. The predicted octanol–water partition coefficient (Wildman–Crippen LogP) is 2.32. The maximum atomic E-state index is 11.1. The maximum Gasteiger partial charge on any atom is 0.336 e. The number of rotatable bonds is 5. The molecular weight excluding hydrogens is 262 g/mol. The first-order chi connectivity index (χ1) is 9.40. The Kier molecular flexibility index (Phi) is 3.32. The van der Waals surface area contributed by atoms with Gasteiger partial charge in [-0.05, 0) is 31.4 Å². The highest BCUT2D eigenvalue weighted by molar-refractivity contribution is 5.92. The van der Waals surface area contributed by atoms with E-state index in [1.54, 1.807) is 0 Å². The van der Waals surface area contributed by atoms with Crippen LogP contribution >= 0.6 is 0 Å². The van der Waals surface area contributed by atoms with E-state index in [9.17, 15) is 14.9 Å². The Morgan fingerprint density at radius 2 is 2.25 bits per heavy atom. The molecule has 0 aliphatic heterocycles. The number of benzene rings is 1. The molecule has 0 unspecified atom stereocenters. The molecule has 1 aliphatic carbocycles. The molecule has 1 fully saturated rings. The van der Waals surface area contributed by atoms with Crippen LogP contribution in [0.5, 0.6) is 0 Å². The number of hydrogen-bond acceptors (Lipinski definition) is 5. The van der Waals surface area contributed by atoms with Gasteiger partial charge in [0.15, 0.2) is 0 Å². The summed E-state index contributed by atoms with van der Waals surface area (Å²) in [4.78, 5) is 21.5. The number of carbonyl (C=O) groups is 1. The number of nitrogens with zero attached hydrogens (tertiary/aromatic N) is 2. The number of carboxylic acids is 1. The zero-order chi connectivity index (χ0) is 14.9. The van der Waals surface area contributed by atoms with Crippen LogP contribution in [-0.4, -0.2) is 22.5 Å². The molecule has 0 bridgehead atoms. The van der Waals surface area contributed by atoms with Gasteiger partial charge >= 0.3 is 5.97 Å². The minimum atomic E-state index is -1.14. The van der Waals surface area contributed by atoms with Crippen LogP contribution in [0.25, 0.3) is 0 Å². The Balaban J connectivity index is 2.37. The van der Waals surface area contributed by atoms with Crippen LogP contribution < -0.4 is 5.32 Å². The van der Waals surface area contributed by atoms with Crippen molar-refractivity contribution in [1.29, 1.82) is 5.26 Å². The van der Waals surface area contributed by atoms with Crippen molar-refractivity contribution in [3.8, 4) is 6.07 Å². The zero-order valence-corrected chi connectivity index (χ0v) is 10.8. The number of anilines is 1. The van der Waals surface area contributed by atoms with Crippen LogP contribution in [0.15, 0.2) is 12.1 Å². The number of nitrogens with one attached hydrogen (secondary N) is 1. The molecular formula is C13H13N3O4. The lowest BCUT2D eigenvalue weighted by Crippen LogP contribution is -2.16. The highest BCUT2D eigenvalue weighted by Gasteiger charge is 2.43. The molecule has 0 spiro atoms. The van der Waals surface area contributed by atoms with Gasteiger partial charge < -0.3 is 10.4 Å². The Labute approximate surface area is 115 Å². The monoisotopic (exact) mass is 275 g/mol. The van der Waals surface area contributed by atoms with Crippen molar-refractivity contribution >= 4 is 17.3 Å². The van der Waals surface area contributed by atoms with E-state index in [1.165, 1.54) is 19.1 Å².